The molecule has 1 aromatic carbocycles. The molecule has 2 aromatic rings. The van der Waals surface area contributed by atoms with E-state index in [-0.39, 0.29) is 11.8 Å². The third-order valence-corrected chi connectivity index (χ3v) is 4.00. The maximum absolute atomic E-state index is 12.6. The molecule has 18 heavy (non-hydrogen) atoms. The highest BCUT2D eigenvalue weighted by Crippen LogP contribution is 2.26. The van der Waals surface area contributed by atoms with Crippen molar-refractivity contribution in [3.8, 4) is 0 Å². The van der Waals surface area contributed by atoms with Crippen molar-refractivity contribution in [2.75, 3.05) is 13.6 Å². The van der Waals surface area contributed by atoms with E-state index in [0.717, 1.165) is 41.4 Å². The number of carbonyl (C=O) groups excluding carboxylic acids is 1. The van der Waals surface area contributed by atoms with Crippen molar-refractivity contribution in [2.45, 2.75) is 25.8 Å². The van der Waals surface area contributed by atoms with E-state index >= 15 is 0 Å². The van der Waals surface area contributed by atoms with Gasteiger partial charge in [0.05, 0.1) is 6.04 Å². The lowest BCUT2D eigenvalue weighted by Crippen LogP contribution is -2.32. The van der Waals surface area contributed by atoms with Crippen LogP contribution in [-0.2, 0) is 0 Å². The van der Waals surface area contributed by atoms with Crippen LogP contribution < -0.4 is 0 Å². The number of aromatic amines is 1. The number of likely N-dealkylation sites (tertiary alicyclic amines) is 1. The molecule has 3 rings (SSSR count). The number of aromatic nitrogens is 1. The number of ketones is 1. The Bertz CT molecular complexity index is 600. The lowest BCUT2D eigenvalue weighted by Gasteiger charge is -2.17. The molecule has 1 N–H and O–H groups in total. The number of Topliss-reactive ketones (excluding diaryl/α,β-unsaturated/α-hetero) is 1. The first kappa shape index (κ1) is 11.5. The van der Waals surface area contributed by atoms with Crippen LogP contribution in [0.4, 0.5) is 0 Å². The third-order valence-electron chi connectivity index (χ3n) is 4.00. The largest absolute Gasteiger partial charge is 0.360 e. The van der Waals surface area contributed by atoms with Crippen LogP contribution in [0.15, 0.2) is 24.4 Å². The number of rotatable bonds is 2. The molecule has 0 aliphatic carbocycles. The van der Waals surface area contributed by atoms with Crippen molar-refractivity contribution in [3.63, 3.8) is 0 Å². The second-order valence-corrected chi connectivity index (χ2v) is 5.20. The van der Waals surface area contributed by atoms with Gasteiger partial charge in [0.2, 0.25) is 0 Å². The molecule has 1 fully saturated rings. The number of carbonyl (C=O) groups is 1. The monoisotopic (exact) mass is 242 g/mol. The lowest BCUT2D eigenvalue weighted by molar-refractivity contribution is 0.0892. The van der Waals surface area contributed by atoms with E-state index in [9.17, 15) is 4.79 Å². The van der Waals surface area contributed by atoms with Gasteiger partial charge in [0.15, 0.2) is 5.78 Å². The average molecular weight is 242 g/mol. The smallest absolute Gasteiger partial charge is 0.182 e. The number of hydrogen-bond donors (Lipinski definition) is 1. The topological polar surface area (TPSA) is 36.1 Å². The van der Waals surface area contributed by atoms with E-state index in [4.69, 9.17) is 0 Å². The van der Waals surface area contributed by atoms with E-state index < -0.39 is 0 Å². The van der Waals surface area contributed by atoms with Crippen LogP contribution in [0.2, 0.25) is 0 Å². The van der Waals surface area contributed by atoms with Crippen molar-refractivity contribution in [1.82, 2.24) is 9.88 Å². The standard InChI is InChI=1S/C15H18N2O/c1-10-5-3-6-12-14(10)11(9-16-12)15(18)13-7-4-8-17(13)2/h3,5-6,9,13,16H,4,7-8H2,1-2H3/t13-/m1/s1. The summed E-state index contributed by atoms with van der Waals surface area (Å²) in [5, 5.41) is 1.09. The molecule has 3 heteroatoms. The van der Waals surface area contributed by atoms with Crippen molar-refractivity contribution >= 4 is 16.7 Å². The first-order valence-corrected chi connectivity index (χ1v) is 6.49. The third kappa shape index (κ3) is 1.66. The maximum atomic E-state index is 12.6. The highest BCUT2D eigenvalue weighted by molar-refractivity contribution is 6.11. The predicted octanol–water partition coefficient (Wildman–Crippen LogP) is 2.75. The number of hydrogen-bond acceptors (Lipinski definition) is 2. The van der Waals surface area contributed by atoms with Crippen LogP contribution in [-0.4, -0.2) is 35.3 Å². The second kappa shape index (κ2) is 4.25. The quantitative estimate of drug-likeness (QED) is 0.822. The second-order valence-electron chi connectivity index (χ2n) is 5.20. The summed E-state index contributed by atoms with van der Waals surface area (Å²) < 4.78 is 0. The first-order chi connectivity index (χ1) is 8.68. The van der Waals surface area contributed by atoms with Gasteiger partial charge in [-0.3, -0.25) is 9.69 Å². The molecule has 1 aliphatic rings. The molecular weight excluding hydrogens is 224 g/mol. The zero-order valence-corrected chi connectivity index (χ0v) is 10.9. The average Bonchev–Trinajstić information content (AvgIpc) is 2.95. The Labute approximate surface area is 107 Å². The first-order valence-electron chi connectivity index (χ1n) is 6.49. The summed E-state index contributed by atoms with van der Waals surface area (Å²) in [6, 6.07) is 6.16. The van der Waals surface area contributed by atoms with Crippen molar-refractivity contribution in [3.05, 3.63) is 35.5 Å². The van der Waals surface area contributed by atoms with Crippen LogP contribution in [0, 0.1) is 6.92 Å². The van der Waals surface area contributed by atoms with Gasteiger partial charge in [0.1, 0.15) is 0 Å². The molecule has 0 bridgehead atoms. The number of nitrogens with one attached hydrogen (secondary N) is 1. The molecule has 1 aliphatic heterocycles. The van der Waals surface area contributed by atoms with Crippen molar-refractivity contribution in [2.24, 2.45) is 0 Å². The van der Waals surface area contributed by atoms with Crippen LogP contribution in [0.3, 0.4) is 0 Å². The van der Waals surface area contributed by atoms with Gasteiger partial charge < -0.3 is 4.98 Å². The molecule has 1 atom stereocenters. The predicted molar refractivity (Wildman–Crippen MR) is 73.0 cm³/mol. The number of H-pyrrole nitrogens is 1. The van der Waals surface area contributed by atoms with Crippen LogP contribution in [0.25, 0.3) is 10.9 Å². The molecule has 0 radical (unpaired) electrons. The molecule has 3 nitrogen and oxygen atoms in total. The molecular formula is C15H18N2O. The van der Waals surface area contributed by atoms with Gasteiger partial charge >= 0.3 is 0 Å². The summed E-state index contributed by atoms with van der Waals surface area (Å²) in [6.45, 7) is 3.09. The summed E-state index contributed by atoms with van der Waals surface area (Å²) in [5.74, 6) is 0.260. The van der Waals surface area contributed by atoms with E-state index in [1.165, 1.54) is 0 Å². The highest BCUT2D eigenvalue weighted by Gasteiger charge is 2.30. The number of aryl methyl sites for hydroxylation is 1. The number of likely N-dealkylation sites (N-methyl/N-ethyl adjacent to an activating group) is 1. The normalized spacial score (nSPS) is 20.7. The number of benzene rings is 1. The molecule has 94 valence electrons. The zero-order chi connectivity index (χ0) is 12.7. The van der Waals surface area contributed by atoms with Gasteiger partial charge in [0.25, 0.3) is 0 Å². The molecule has 2 heterocycles. The van der Waals surface area contributed by atoms with Gasteiger partial charge in [-0.25, -0.2) is 0 Å². The van der Waals surface area contributed by atoms with Crippen LogP contribution in [0.1, 0.15) is 28.8 Å². The summed E-state index contributed by atoms with van der Waals surface area (Å²) in [7, 11) is 2.04. The fourth-order valence-corrected chi connectivity index (χ4v) is 2.98. The summed E-state index contributed by atoms with van der Waals surface area (Å²) in [4.78, 5) is 18.0. The number of fused-ring (bicyclic) bond motifs is 1. The van der Waals surface area contributed by atoms with E-state index in [1.807, 2.05) is 25.4 Å². The van der Waals surface area contributed by atoms with Gasteiger partial charge in [-0.2, -0.15) is 0 Å². The fraction of sp³-hybridized carbons (Fsp3) is 0.400. The Morgan fingerprint density at radius 2 is 2.28 bits per heavy atom. The summed E-state index contributed by atoms with van der Waals surface area (Å²) in [5.41, 5.74) is 3.07. The van der Waals surface area contributed by atoms with Gasteiger partial charge in [0, 0.05) is 22.7 Å². The maximum Gasteiger partial charge on any atom is 0.182 e. The summed E-state index contributed by atoms with van der Waals surface area (Å²) in [6.07, 6.45) is 3.97. The molecule has 0 saturated carbocycles. The van der Waals surface area contributed by atoms with Crippen LogP contribution >= 0.6 is 0 Å². The van der Waals surface area contributed by atoms with E-state index in [0.29, 0.717) is 0 Å². The minimum absolute atomic E-state index is 0.0589. The van der Waals surface area contributed by atoms with Gasteiger partial charge in [-0.15, -0.1) is 0 Å². The van der Waals surface area contributed by atoms with Crippen molar-refractivity contribution in [1.29, 1.82) is 0 Å². The number of nitrogens with zero attached hydrogens (tertiary/aromatic N) is 1. The van der Waals surface area contributed by atoms with Gasteiger partial charge in [-0.05, 0) is 45.0 Å². The highest BCUT2D eigenvalue weighted by atomic mass is 16.1. The Morgan fingerprint density at radius 1 is 1.44 bits per heavy atom. The van der Waals surface area contributed by atoms with Crippen molar-refractivity contribution < 1.29 is 4.79 Å². The molecule has 1 aromatic heterocycles. The Balaban J connectivity index is 2.07. The Hall–Kier alpha value is -1.61. The Kier molecular flexibility index (Phi) is 2.71. The van der Waals surface area contributed by atoms with E-state index in [1.54, 1.807) is 0 Å². The van der Waals surface area contributed by atoms with Gasteiger partial charge in [-0.1, -0.05) is 12.1 Å². The fourth-order valence-electron chi connectivity index (χ4n) is 2.98. The summed E-state index contributed by atoms with van der Waals surface area (Å²) >= 11 is 0. The Morgan fingerprint density at radius 3 is 3.00 bits per heavy atom. The minimum atomic E-state index is 0.0589. The lowest BCUT2D eigenvalue weighted by atomic mass is 9.99. The zero-order valence-electron chi connectivity index (χ0n) is 10.9. The molecule has 0 spiro atoms. The molecule has 0 amide bonds. The molecule has 1 saturated heterocycles. The van der Waals surface area contributed by atoms with Crippen LogP contribution in [0.5, 0.6) is 0 Å². The SMILES string of the molecule is Cc1cccc2[nH]cc(C(=O)[C@H]3CCCN3C)c12. The van der Waals surface area contributed by atoms with E-state index in [2.05, 4.69) is 22.9 Å². The molecule has 0 unspecified atom stereocenters. The minimum Gasteiger partial charge on any atom is -0.360 e.